The molecule has 0 aliphatic heterocycles. The van der Waals surface area contributed by atoms with Crippen molar-refractivity contribution in [3.8, 4) is 0 Å². The molecular weight excluding hydrogens is 347 g/mol. The molecule has 0 amide bonds. The van der Waals surface area contributed by atoms with E-state index in [-0.39, 0.29) is 30.1 Å². The number of carbonyl (C=O) groups is 1. The second kappa shape index (κ2) is 11.0. The summed E-state index contributed by atoms with van der Waals surface area (Å²) >= 11 is 0. The smallest absolute Gasteiger partial charge is 0.364 e. The van der Waals surface area contributed by atoms with Crippen LogP contribution in [0.5, 0.6) is 0 Å². The summed E-state index contributed by atoms with van der Waals surface area (Å²) in [5.41, 5.74) is 0.248. The van der Waals surface area contributed by atoms with Gasteiger partial charge in [-0.2, -0.15) is 0 Å². The zero-order valence-corrected chi connectivity index (χ0v) is 17.0. The summed E-state index contributed by atoms with van der Waals surface area (Å²) < 4.78 is 14.3. The standard InChI is InChI=1S/C22H37FO4/c1-4-5-14-21(2,3)15-9-11-18-17(12-13-19(18)23)10-7-6-8-16-22(26,27)20(24)25/h6-7,9,11,17-19,26-27H,4-5,8,10,12-16H2,1-3H3,(H,24,25)/b7-6-,11-9+/t17-,18+,19+/m0/s1. The zero-order chi connectivity index (χ0) is 20.5. The van der Waals surface area contributed by atoms with Gasteiger partial charge < -0.3 is 15.3 Å². The van der Waals surface area contributed by atoms with E-state index in [1.807, 2.05) is 6.08 Å². The number of unbranched alkanes of at least 4 members (excludes halogenated alkanes) is 1. The van der Waals surface area contributed by atoms with Gasteiger partial charge in [0.25, 0.3) is 5.79 Å². The first-order valence-corrected chi connectivity index (χ1v) is 10.2. The summed E-state index contributed by atoms with van der Waals surface area (Å²) in [6.45, 7) is 6.71. The third kappa shape index (κ3) is 8.56. The second-order valence-electron chi connectivity index (χ2n) is 8.70. The fourth-order valence-electron chi connectivity index (χ4n) is 3.69. The summed E-state index contributed by atoms with van der Waals surface area (Å²) in [5, 5.41) is 27.2. The Morgan fingerprint density at radius 2 is 1.85 bits per heavy atom. The normalized spacial score (nSPS) is 24.3. The van der Waals surface area contributed by atoms with Crippen LogP contribution in [0.4, 0.5) is 4.39 Å². The third-order valence-corrected chi connectivity index (χ3v) is 5.62. The van der Waals surface area contributed by atoms with Gasteiger partial charge >= 0.3 is 5.97 Å². The van der Waals surface area contributed by atoms with Crippen LogP contribution < -0.4 is 0 Å². The molecule has 156 valence electrons. The first-order valence-electron chi connectivity index (χ1n) is 10.2. The topological polar surface area (TPSA) is 77.8 Å². The molecule has 0 spiro atoms. The van der Waals surface area contributed by atoms with Crippen LogP contribution in [-0.2, 0) is 4.79 Å². The lowest BCUT2D eigenvalue weighted by Crippen LogP contribution is -2.37. The highest BCUT2D eigenvalue weighted by molar-refractivity contribution is 5.74. The molecule has 0 unspecified atom stereocenters. The monoisotopic (exact) mass is 384 g/mol. The minimum atomic E-state index is -2.68. The summed E-state index contributed by atoms with van der Waals surface area (Å²) in [5.74, 6) is -4.14. The van der Waals surface area contributed by atoms with Crippen molar-refractivity contribution in [2.45, 2.75) is 90.5 Å². The van der Waals surface area contributed by atoms with Crippen LogP contribution in [0.3, 0.4) is 0 Å². The number of carboxylic acids is 1. The molecule has 0 aromatic heterocycles. The molecule has 4 nitrogen and oxygen atoms in total. The number of alkyl halides is 1. The van der Waals surface area contributed by atoms with Crippen LogP contribution in [0, 0.1) is 17.3 Å². The van der Waals surface area contributed by atoms with E-state index in [4.69, 9.17) is 5.11 Å². The molecule has 0 bridgehead atoms. The highest BCUT2D eigenvalue weighted by Crippen LogP contribution is 2.38. The molecule has 1 aliphatic carbocycles. The van der Waals surface area contributed by atoms with Crippen molar-refractivity contribution in [2.24, 2.45) is 17.3 Å². The summed E-state index contributed by atoms with van der Waals surface area (Å²) in [6, 6.07) is 0. The van der Waals surface area contributed by atoms with E-state index in [1.54, 1.807) is 6.08 Å². The summed E-state index contributed by atoms with van der Waals surface area (Å²) in [6.07, 6.45) is 13.8. The molecular formula is C22H37FO4. The van der Waals surface area contributed by atoms with Crippen molar-refractivity contribution in [1.82, 2.24) is 0 Å². The van der Waals surface area contributed by atoms with Gasteiger partial charge in [0.05, 0.1) is 0 Å². The Kier molecular flexibility index (Phi) is 9.68. The molecule has 0 heterocycles. The summed E-state index contributed by atoms with van der Waals surface area (Å²) in [4.78, 5) is 10.6. The van der Waals surface area contributed by atoms with Gasteiger partial charge in [-0.1, -0.05) is 57.9 Å². The fraction of sp³-hybridized carbons (Fsp3) is 0.773. The van der Waals surface area contributed by atoms with Crippen molar-refractivity contribution in [3.05, 3.63) is 24.3 Å². The highest BCUT2D eigenvalue weighted by Gasteiger charge is 2.34. The maximum absolute atomic E-state index is 14.3. The van der Waals surface area contributed by atoms with Gasteiger partial charge in [0.2, 0.25) is 0 Å². The molecule has 0 aromatic rings. The van der Waals surface area contributed by atoms with E-state index in [1.165, 1.54) is 19.3 Å². The van der Waals surface area contributed by atoms with E-state index in [0.29, 0.717) is 6.42 Å². The molecule has 3 N–H and O–H groups in total. The second-order valence-corrected chi connectivity index (χ2v) is 8.70. The van der Waals surface area contributed by atoms with E-state index < -0.39 is 17.9 Å². The van der Waals surface area contributed by atoms with Crippen molar-refractivity contribution in [2.75, 3.05) is 0 Å². The van der Waals surface area contributed by atoms with Gasteiger partial charge in [-0.05, 0) is 49.9 Å². The molecule has 5 heteroatoms. The van der Waals surface area contributed by atoms with E-state index in [9.17, 15) is 19.4 Å². The lowest BCUT2D eigenvalue weighted by Gasteiger charge is -2.23. The Bertz CT molecular complexity index is 510. The number of aliphatic carboxylic acids is 1. The molecule has 3 atom stereocenters. The van der Waals surface area contributed by atoms with Gasteiger partial charge in [-0.15, -0.1) is 0 Å². The maximum atomic E-state index is 14.3. The van der Waals surface area contributed by atoms with E-state index in [0.717, 1.165) is 19.3 Å². The number of carboxylic acid groups (broad SMARTS) is 1. The molecule has 27 heavy (non-hydrogen) atoms. The minimum absolute atomic E-state index is 0.0644. The van der Waals surface area contributed by atoms with Crippen molar-refractivity contribution >= 4 is 5.97 Å². The Labute approximate surface area is 163 Å². The molecule has 1 fully saturated rings. The van der Waals surface area contributed by atoms with Gasteiger partial charge in [0.1, 0.15) is 6.17 Å². The molecule has 0 radical (unpaired) electrons. The van der Waals surface area contributed by atoms with Crippen molar-refractivity contribution < 1.29 is 24.5 Å². The number of allylic oxidation sites excluding steroid dienone is 4. The largest absolute Gasteiger partial charge is 0.477 e. The van der Waals surface area contributed by atoms with Gasteiger partial charge in [-0.3, -0.25) is 0 Å². The van der Waals surface area contributed by atoms with Gasteiger partial charge in [0, 0.05) is 12.3 Å². The van der Waals surface area contributed by atoms with Crippen LogP contribution in [0.1, 0.15) is 78.6 Å². The fourth-order valence-corrected chi connectivity index (χ4v) is 3.69. The highest BCUT2D eigenvalue weighted by atomic mass is 19.1. The number of rotatable bonds is 12. The molecule has 0 saturated heterocycles. The zero-order valence-electron chi connectivity index (χ0n) is 17.0. The van der Waals surface area contributed by atoms with Gasteiger partial charge in [-0.25, -0.2) is 9.18 Å². The van der Waals surface area contributed by atoms with E-state index in [2.05, 4.69) is 32.9 Å². The van der Waals surface area contributed by atoms with Crippen molar-refractivity contribution in [1.29, 1.82) is 0 Å². The lowest BCUT2D eigenvalue weighted by atomic mass is 9.83. The number of aliphatic hydroxyl groups is 2. The molecule has 1 saturated carbocycles. The first-order chi connectivity index (χ1) is 12.6. The van der Waals surface area contributed by atoms with Crippen LogP contribution in [0.25, 0.3) is 0 Å². The van der Waals surface area contributed by atoms with Crippen LogP contribution in [-0.4, -0.2) is 33.2 Å². The quantitative estimate of drug-likeness (QED) is 0.327. The van der Waals surface area contributed by atoms with Crippen LogP contribution >= 0.6 is 0 Å². The van der Waals surface area contributed by atoms with Crippen molar-refractivity contribution in [3.63, 3.8) is 0 Å². The van der Waals surface area contributed by atoms with E-state index >= 15 is 0 Å². The average molecular weight is 385 g/mol. The first kappa shape index (κ1) is 23.8. The SMILES string of the molecule is CCCCC(C)(C)C/C=C/[C@@H]1[C@@H](C/C=C\CCC(O)(O)C(=O)O)CC[C@H]1F. The molecule has 1 aliphatic rings. The number of halogens is 1. The lowest BCUT2D eigenvalue weighted by molar-refractivity contribution is -0.205. The Balaban J connectivity index is 2.47. The predicted octanol–water partition coefficient (Wildman–Crippen LogP) is 5.01. The minimum Gasteiger partial charge on any atom is -0.477 e. The third-order valence-electron chi connectivity index (χ3n) is 5.62. The van der Waals surface area contributed by atoms with Gasteiger partial charge in [0.15, 0.2) is 0 Å². The Morgan fingerprint density at radius 1 is 1.15 bits per heavy atom. The predicted molar refractivity (Wildman–Crippen MR) is 106 cm³/mol. The molecule has 1 rings (SSSR count). The summed E-state index contributed by atoms with van der Waals surface area (Å²) in [7, 11) is 0. The van der Waals surface area contributed by atoms with Crippen LogP contribution in [0.2, 0.25) is 0 Å². The Morgan fingerprint density at radius 3 is 2.48 bits per heavy atom. The Hall–Kier alpha value is -1.20. The number of hydrogen-bond donors (Lipinski definition) is 3. The number of hydrogen-bond acceptors (Lipinski definition) is 3. The van der Waals surface area contributed by atoms with Crippen LogP contribution in [0.15, 0.2) is 24.3 Å². The maximum Gasteiger partial charge on any atom is 0.364 e. The molecule has 0 aromatic carbocycles. The average Bonchev–Trinajstić information content (AvgIpc) is 2.93.